The van der Waals surface area contributed by atoms with Crippen molar-refractivity contribution in [2.45, 2.75) is 38.6 Å². The maximum Gasteiger partial charge on any atom is 0.131 e. The summed E-state index contributed by atoms with van der Waals surface area (Å²) in [6.07, 6.45) is 7.21. The van der Waals surface area contributed by atoms with Gasteiger partial charge in [0.15, 0.2) is 0 Å². The summed E-state index contributed by atoms with van der Waals surface area (Å²) in [5, 5.41) is 3.99. The van der Waals surface area contributed by atoms with Crippen molar-refractivity contribution in [1.29, 1.82) is 0 Å². The van der Waals surface area contributed by atoms with Crippen molar-refractivity contribution in [3.63, 3.8) is 0 Å². The summed E-state index contributed by atoms with van der Waals surface area (Å²) in [7, 11) is 0. The molecule has 0 saturated heterocycles. The second-order valence-corrected chi connectivity index (χ2v) is 4.82. The molecule has 1 aliphatic rings. The molecule has 0 bridgehead atoms. The number of nitrogens with zero attached hydrogens (tertiary/aromatic N) is 1. The van der Waals surface area contributed by atoms with Crippen molar-refractivity contribution in [3.8, 4) is 0 Å². The minimum atomic E-state index is 0.518. The summed E-state index contributed by atoms with van der Waals surface area (Å²) >= 11 is 5.81. The van der Waals surface area contributed by atoms with E-state index < -0.39 is 0 Å². The van der Waals surface area contributed by atoms with Gasteiger partial charge in [0.2, 0.25) is 0 Å². The molecule has 1 unspecified atom stereocenters. The average molecular weight is 225 g/mol. The largest absolute Gasteiger partial charge is 0.382 e. The van der Waals surface area contributed by atoms with Gasteiger partial charge < -0.3 is 5.32 Å². The number of aromatic nitrogens is 1. The lowest BCUT2D eigenvalue weighted by Crippen LogP contribution is -2.15. The second kappa shape index (κ2) is 4.84. The first-order valence-corrected chi connectivity index (χ1v) is 6.00. The van der Waals surface area contributed by atoms with Crippen LogP contribution in [0.2, 0.25) is 5.15 Å². The van der Waals surface area contributed by atoms with Crippen molar-refractivity contribution in [3.05, 3.63) is 23.5 Å². The van der Waals surface area contributed by atoms with E-state index in [1.807, 2.05) is 12.1 Å². The first-order chi connectivity index (χ1) is 7.24. The topological polar surface area (TPSA) is 24.9 Å². The van der Waals surface area contributed by atoms with E-state index in [2.05, 4.69) is 17.2 Å². The van der Waals surface area contributed by atoms with E-state index in [-0.39, 0.29) is 0 Å². The molecule has 2 rings (SSSR count). The Bertz CT molecular complexity index is 323. The number of pyridine rings is 1. The van der Waals surface area contributed by atoms with Gasteiger partial charge in [-0.05, 0) is 37.8 Å². The molecule has 1 aromatic rings. The van der Waals surface area contributed by atoms with Crippen LogP contribution in [0.5, 0.6) is 0 Å². The summed E-state index contributed by atoms with van der Waals surface area (Å²) in [4.78, 5) is 3.96. The van der Waals surface area contributed by atoms with E-state index >= 15 is 0 Å². The van der Waals surface area contributed by atoms with Crippen molar-refractivity contribution >= 4 is 17.3 Å². The molecular formula is C12H17ClN2. The van der Waals surface area contributed by atoms with Crippen LogP contribution >= 0.6 is 11.6 Å². The van der Waals surface area contributed by atoms with Crippen molar-refractivity contribution in [2.75, 3.05) is 5.32 Å². The third-order valence-electron chi connectivity index (χ3n) is 2.84. The van der Waals surface area contributed by atoms with E-state index in [9.17, 15) is 0 Å². The van der Waals surface area contributed by atoms with Gasteiger partial charge in [0, 0.05) is 17.9 Å². The van der Waals surface area contributed by atoms with Gasteiger partial charge in [-0.1, -0.05) is 24.4 Å². The quantitative estimate of drug-likeness (QED) is 0.771. The summed E-state index contributed by atoms with van der Waals surface area (Å²) in [5.74, 6) is 1.01. The van der Waals surface area contributed by atoms with Gasteiger partial charge in [-0.15, -0.1) is 0 Å². The fraction of sp³-hybridized carbons (Fsp3) is 0.583. The van der Waals surface area contributed by atoms with E-state index in [0.29, 0.717) is 11.2 Å². The Morgan fingerprint density at radius 3 is 3.07 bits per heavy atom. The molecule has 0 spiro atoms. The first-order valence-electron chi connectivity index (χ1n) is 5.62. The summed E-state index contributed by atoms with van der Waals surface area (Å²) in [6.45, 7) is 2.22. The standard InChI is InChI=1S/C12H17ClN2/c1-9(2-3-10-4-5-10)15-11-6-7-14-12(13)8-11/h6-10H,2-5H2,1H3,(H,14,15). The minimum absolute atomic E-state index is 0.518. The third kappa shape index (κ3) is 3.71. The molecule has 1 heterocycles. The Hall–Kier alpha value is -0.760. The fourth-order valence-electron chi connectivity index (χ4n) is 1.74. The molecule has 1 fully saturated rings. The lowest BCUT2D eigenvalue weighted by atomic mass is 10.1. The molecule has 1 atom stereocenters. The van der Waals surface area contributed by atoms with Crippen molar-refractivity contribution < 1.29 is 0 Å². The van der Waals surface area contributed by atoms with Gasteiger partial charge in [-0.3, -0.25) is 0 Å². The Morgan fingerprint density at radius 1 is 1.60 bits per heavy atom. The van der Waals surface area contributed by atoms with Crippen LogP contribution in [0.1, 0.15) is 32.6 Å². The lowest BCUT2D eigenvalue weighted by Gasteiger charge is -2.14. The highest BCUT2D eigenvalue weighted by molar-refractivity contribution is 6.29. The fourth-order valence-corrected chi connectivity index (χ4v) is 1.92. The van der Waals surface area contributed by atoms with Gasteiger partial charge in [-0.2, -0.15) is 0 Å². The first kappa shape index (κ1) is 10.7. The number of rotatable bonds is 5. The molecule has 0 amide bonds. The molecule has 1 aromatic heterocycles. The number of hydrogen-bond acceptors (Lipinski definition) is 2. The minimum Gasteiger partial charge on any atom is -0.382 e. The van der Waals surface area contributed by atoms with E-state index in [0.717, 1.165) is 11.6 Å². The Balaban J connectivity index is 1.79. The molecule has 1 aliphatic carbocycles. The zero-order chi connectivity index (χ0) is 10.7. The summed E-state index contributed by atoms with van der Waals surface area (Å²) in [5.41, 5.74) is 1.07. The van der Waals surface area contributed by atoms with E-state index in [1.54, 1.807) is 6.20 Å². The maximum atomic E-state index is 5.81. The summed E-state index contributed by atoms with van der Waals surface area (Å²) in [6, 6.07) is 4.35. The smallest absolute Gasteiger partial charge is 0.131 e. The molecule has 82 valence electrons. The predicted molar refractivity (Wildman–Crippen MR) is 64.3 cm³/mol. The van der Waals surface area contributed by atoms with Crippen molar-refractivity contribution in [2.24, 2.45) is 5.92 Å². The predicted octanol–water partition coefficient (Wildman–Crippen LogP) is 3.73. The maximum absolute atomic E-state index is 5.81. The van der Waals surface area contributed by atoms with Gasteiger partial charge in [-0.25, -0.2) is 4.98 Å². The highest BCUT2D eigenvalue weighted by Gasteiger charge is 2.21. The SMILES string of the molecule is CC(CCC1CC1)Nc1ccnc(Cl)c1. The van der Waals surface area contributed by atoms with Crippen LogP contribution in [-0.4, -0.2) is 11.0 Å². The van der Waals surface area contributed by atoms with Crippen LogP contribution in [0.25, 0.3) is 0 Å². The normalized spacial score (nSPS) is 17.5. The van der Waals surface area contributed by atoms with E-state index in [4.69, 9.17) is 11.6 Å². The monoisotopic (exact) mass is 224 g/mol. The number of anilines is 1. The highest BCUT2D eigenvalue weighted by Crippen LogP contribution is 2.34. The molecule has 1 saturated carbocycles. The molecule has 0 aromatic carbocycles. The Morgan fingerprint density at radius 2 is 2.40 bits per heavy atom. The van der Waals surface area contributed by atoms with Crippen molar-refractivity contribution in [1.82, 2.24) is 4.98 Å². The van der Waals surface area contributed by atoms with Gasteiger partial charge in [0.1, 0.15) is 5.15 Å². The Labute approximate surface area is 96.1 Å². The van der Waals surface area contributed by atoms with E-state index in [1.165, 1.54) is 25.7 Å². The second-order valence-electron chi connectivity index (χ2n) is 4.43. The average Bonchev–Trinajstić information content (AvgIpc) is 2.98. The zero-order valence-corrected chi connectivity index (χ0v) is 9.80. The van der Waals surface area contributed by atoms with Gasteiger partial charge in [0.05, 0.1) is 0 Å². The number of hydrogen-bond donors (Lipinski definition) is 1. The molecule has 3 heteroatoms. The van der Waals surface area contributed by atoms with Crippen LogP contribution in [0.4, 0.5) is 5.69 Å². The van der Waals surface area contributed by atoms with Gasteiger partial charge in [0.25, 0.3) is 0 Å². The molecular weight excluding hydrogens is 208 g/mol. The molecule has 1 N–H and O–H groups in total. The molecule has 2 nitrogen and oxygen atoms in total. The van der Waals surface area contributed by atoms with Crippen LogP contribution in [-0.2, 0) is 0 Å². The van der Waals surface area contributed by atoms with Crippen LogP contribution in [0.15, 0.2) is 18.3 Å². The van der Waals surface area contributed by atoms with Gasteiger partial charge >= 0.3 is 0 Å². The Kier molecular flexibility index (Phi) is 3.47. The lowest BCUT2D eigenvalue weighted by molar-refractivity contribution is 0.610. The van der Waals surface area contributed by atoms with Crippen LogP contribution < -0.4 is 5.32 Å². The van der Waals surface area contributed by atoms with Crippen LogP contribution in [0, 0.1) is 5.92 Å². The molecule has 0 aliphatic heterocycles. The number of halogens is 1. The summed E-state index contributed by atoms with van der Waals surface area (Å²) < 4.78 is 0. The highest BCUT2D eigenvalue weighted by atomic mass is 35.5. The molecule has 0 radical (unpaired) electrons. The van der Waals surface area contributed by atoms with Crippen LogP contribution in [0.3, 0.4) is 0 Å². The number of nitrogens with one attached hydrogen (secondary N) is 1. The third-order valence-corrected chi connectivity index (χ3v) is 3.05. The molecule has 15 heavy (non-hydrogen) atoms. The zero-order valence-electron chi connectivity index (χ0n) is 9.04.